The van der Waals surface area contributed by atoms with Crippen LogP contribution in [0.2, 0.25) is 0 Å². The van der Waals surface area contributed by atoms with Gasteiger partial charge in [0.25, 0.3) is 0 Å². The summed E-state index contributed by atoms with van der Waals surface area (Å²) in [5.74, 6) is -1.23. The Kier molecular flexibility index (Phi) is 3.88. The number of carbonyl (C=O) groups is 1. The quantitative estimate of drug-likeness (QED) is 0.866. The van der Waals surface area contributed by atoms with Gasteiger partial charge in [0.2, 0.25) is 5.91 Å². The van der Waals surface area contributed by atoms with E-state index in [1.807, 2.05) is 0 Å². The first-order chi connectivity index (χ1) is 9.77. The molecule has 0 radical (unpaired) electrons. The lowest BCUT2D eigenvalue weighted by Gasteiger charge is -2.08. The molecule has 1 aromatic carbocycles. The molecule has 0 aliphatic rings. The Morgan fingerprint density at radius 2 is 1.95 bits per heavy atom. The summed E-state index contributed by atoms with van der Waals surface area (Å²) >= 11 is 0. The molecule has 1 aromatic heterocycles. The number of amides is 1. The fraction of sp³-hybridized carbons (Fsp3) is 0.154. The van der Waals surface area contributed by atoms with Crippen LogP contribution in [0, 0.1) is 5.82 Å². The molecule has 4 nitrogen and oxygen atoms in total. The molecule has 8 heteroatoms. The van der Waals surface area contributed by atoms with E-state index in [1.165, 1.54) is 19.1 Å². The van der Waals surface area contributed by atoms with Crippen LogP contribution in [0.15, 0.2) is 30.6 Å². The van der Waals surface area contributed by atoms with Crippen LogP contribution < -0.4 is 5.32 Å². The molecule has 2 aromatic rings. The van der Waals surface area contributed by atoms with Gasteiger partial charge in [-0.1, -0.05) is 6.07 Å². The fourth-order valence-electron chi connectivity index (χ4n) is 1.61. The second-order valence-corrected chi connectivity index (χ2v) is 4.16. The molecule has 0 atom stereocenters. The van der Waals surface area contributed by atoms with Gasteiger partial charge >= 0.3 is 6.18 Å². The van der Waals surface area contributed by atoms with Crippen molar-refractivity contribution in [1.29, 1.82) is 0 Å². The maximum absolute atomic E-state index is 13.7. The van der Waals surface area contributed by atoms with Gasteiger partial charge in [-0.15, -0.1) is 0 Å². The number of benzene rings is 1. The fourth-order valence-corrected chi connectivity index (χ4v) is 1.61. The summed E-state index contributed by atoms with van der Waals surface area (Å²) in [6.07, 6.45) is -2.94. The predicted octanol–water partition coefficient (Wildman–Crippen LogP) is 3.26. The summed E-state index contributed by atoms with van der Waals surface area (Å²) < 4.78 is 51.4. The van der Waals surface area contributed by atoms with Crippen LogP contribution in [-0.2, 0) is 11.0 Å². The molecular weight excluding hydrogens is 290 g/mol. The maximum atomic E-state index is 13.7. The highest BCUT2D eigenvalue weighted by Crippen LogP contribution is 2.29. The molecule has 21 heavy (non-hydrogen) atoms. The number of rotatable bonds is 2. The Hall–Kier alpha value is -2.51. The number of hydrogen-bond donors (Lipinski definition) is 1. The number of anilines is 1. The van der Waals surface area contributed by atoms with Crippen molar-refractivity contribution in [3.8, 4) is 11.3 Å². The van der Waals surface area contributed by atoms with Gasteiger partial charge in [0.1, 0.15) is 5.82 Å². The first kappa shape index (κ1) is 14.9. The highest BCUT2D eigenvalue weighted by molar-refractivity contribution is 5.89. The lowest BCUT2D eigenvalue weighted by Crippen LogP contribution is -2.09. The summed E-state index contributed by atoms with van der Waals surface area (Å²) in [5, 5.41) is 2.26. The normalized spacial score (nSPS) is 11.3. The third-order valence-corrected chi connectivity index (χ3v) is 2.50. The molecule has 1 N–H and O–H groups in total. The minimum Gasteiger partial charge on any atom is -0.324 e. The van der Waals surface area contributed by atoms with E-state index in [0.29, 0.717) is 6.20 Å². The zero-order chi connectivity index (χ0) is 15.6. The molecule has 0 unspecified atom stereocenters. The SMILES string of the molecule is CC(=O)Nc1ccc(-c2cncc(C(F)(F)F)n2)cc1F. The van der Waals surface area contributed by atoms with Crippen molar-refractivity contribution in [2.45, 2.75) is 13.1 Å². The molecular formula is C13H9F4N3O. The summed E-state index contributed by atoms with van der Waals surface area (Å²) in [7, 11) is 0. The van der Waals surface area contributed by atoms with E-state index in [-0.39, 0.29) is 16.9 Å². The first-order valence-electron chi connectivity index (χ1n) is 5.74. The standard InChI is InChI=1S/C13H9F4N3O/c1-7(21)19-10-3-2-8(4-9(10)14)11-5-18-6-12(20-11)13(15,16)17/h2-6H,1H3,(H,19,21). The van der Waals surface area contributed by atoms with Crippen LogP contribution in [0.1, 0.15) is 12.6 Å². The number of carbonyl (C=O) groups excluding carboxylic acids is 1. The van der Waals surface area contributed by atoms with Crippen LogP contribution >= 0.6 is 0 Å². The zero-order valence-corrected chi connectivity index (χ0v) is 10.7. The second kappa shape index (κ2) is 5.47. The van der Waals surface area contributed by atoms with E-state index in [1.54, 1.807) is 0 Å². The molecule has 2 rings (SSSR count). The van der Waals surface area contributed by atoms with Crippen molar-refractivity contribution in [3.05, 3.63) is 42.1 Å². The monoisotopic (exact) mass is 299 g/mol. The molecule has 0 fully saturated rings. The van der Waals surface area contributed by atoms with E-state index in [4.69, 9.17) is 0 Å². The predicted molar refractivity (Wildman–Crippen MR) is 66.7 cm³/mol. The minimum atomic E-state index is -4.63. The Balaban J connectivity index is 2.39. The Morgan fingerprint density at radius 3 is 2.52 bits per heavy atom. The number of nitrogens with one attached hydrogen (secondary N) is 1. The van der Waals surface area contributed by atoms with Crippen molar-refractivity contribution in [2.75, 3.05) is 5.32 Å². The van der Waals surface area contributed by atoms with Gasteiger partial charge in [0, 0.05) is 12.5 Å². The highest BCUT2D eigenvalue weighted by atomic mass is 19.4. The van der Waals surface area contributed by atoms with E-state index < -0.39 is 23.6 Å². The van der Waals surface area contributed by atoms with Crippen LogP contribution in [0.3, 0.4) is 0 Å². The zero-order valence-electron chi connectivity index (χ0n) is 10.7. The highest BCUT2D eigenvalue weighted by Gasteiger charge is 2.33. The molecule has 1 amide bonds. The van der Waals surface area contributed by atoms with Crippen LogP contribution in [0.5, 0.6) is 0 Å². The number of halogens is 4. The second-order valence-electron chi connectivity index (χ2n) is 4.16. The number of nitrogens with zero attached hydrogens (tertiary/aromatic N) is 2. The summed E-state index contributed by atoms with van der Waals surface area (Å²) in [4.78, 5) is 17.7. The van der Waals surface area contributed by atoms with E-state index in [0.717, 1.165) is 12.3 Å². The molecule has 1 heterocycles. The van der Waals surface area contributed by atoms with Gasteiger partial charge in [-0.25, -0.2) is 9.37 Å². The molecule has 0 aliphatic heterocycles. The smallest absolute Gasteiger partial charge is 0.324 e. The van der Waals surface area contributed by atoms with Crippen molar-refractivity contribution in [3.63, 3.8) is 0 Å². The van der Waals surface area contributed by atoms with E-state index in [9.17, 15) is 22.4 Å². The molecule has 0 spiro atoms. The van der Waals surface area contributed by atoms with Crippen molar-refractivity contribution >= 4 is 11.6 Å². The average Bonchev–Trinajstić information content (AvgIpc) is 2.40. The number of hydrogen-bond acceptors (Lipinski definition) is 3. The van der Waals surface area contributed by atoms with Crippen LogP contribution in [0.4, 0.5) is 23.2 Å². The number of alkyl halides is 3. The van der Waals surface area contributed by atoms with Gasteiger partial charge in [0.05, 0.1) is 23.8 Å². The molecule has 0 bridgehead atoms. The molecule has 110 valence electrons. The van der Waals surface area contributed by atoms with Crippen molar-refractivity contribution in [1.82, 2.24) is 9.97 Å². The van der Waals surface area contributed by atoms with Crippen molar-refractivity contribution in [2.24, 2.45) is 0 Å². The third-order valence-electron chi connectivity index (χ3n) is 2.50. The lowest BCUT2D eigenvalue weighted by molar-refractivity contribution is -0.141. The lowest BCUT2D eigenvalue weighted by atomic mass is 10.1. The molecule has 0 saturated carbocycles. The molecule has 0 aliphatic carbocycles. The molecule has 0 saturated heterocycles. The Bertz CT molecular complexity index is 685. The van der Waals surface area contributed by atoms with Gasteiger partial charge in [-0.05, 0) is 12.1 Å². The third kappa shape index (κ3) is 3.53. The number of aromatic nitrogens is 2. The van der Waals surface area contributed by atoms with Gasteiger partial charge in [0.15, 0.2) is 5.69 Å². The Labute approximate surface area is 116 Å². The van der Waals surface area contributed by atoms with Crippen molar-refractivity contribution < 1.29 is 22.4 Å². The maximum Gasteiger partial charge on any atom is 0.434 e. The Morgan fingerprint density at radius 1 is 1.24 bits per heavy atom. The summed E-state index contributed by atoms with van der Waals surface area (Å²) in [6.45, 7) is 1.21. The van der Waals surface area contributed by atoms with E-state index >= 15 is 0 Å². The van der Waals surface area contributed by atoms with Gasteiger partial charge in [-0.2, -0.15) is 13.2 Å². The largest absolute Gasteiger partial charge is 0.434 e. The minimum absolute atomic E-state index is 0.0637. The topological polar surface area (TPSA) is 54.9 Å². The van der Waals surface area contributed by atoms with Gasteiger partial charge in [-0.3, -0.25) is 9.78 Å². The first-order valence-corrected chi connectivity index (χ1v) is 5.74. The summed E-state index contributed by atoms with van der Waals surface area (Å²) in [5.41, 5.74) is -1.21. The van der Waals surface area contributed by atoms with Gasteiger partial charge < -0.3 is 5.32 Å². The van der Waals surface area contributed by atoms with Crippen LogP contribution in [0.25, 0.3) is 11.3 Å². The van der Waals surface area contributed by atoms with E-state index in [2.05, 4.69) is 15.3 Å². The average molecular weight is 299 g/mol. The van der Waals surface area contributed by atoms with Crippen LogP contribution in [-0.4, -0.2) is 15.9 Å². The summed E-state index contributed by atoms with van der Waals surface area (Å²) in [6, 6.07) is 3.57.